The normalized spacial score (nSPS) is 10.8. The van der Waals surface area contributed by atoms with Crippen LogP contribution in [-0.4, -0.2) is 27.6 Å². The van der Waals surface area contributed by atoms with E-state index in [1.807, 2.05) is 30.3 Å². The van der Waals surface area contributed by atoms with Crippen LogP contribution in [0, 0.1) is 0 Å². The van der Waals surface area contributed by atoms with Crippen LogP contribution < -0.4 is 4.74 Å². The summed E-state index contributed by atoms with van der Waals surface area (Å²) in [5.41, 5.74) is 2.29. The Balaban J connectivity index is 1.97. The number of hydrogen-bond acceptors (Lipinski definition) is 4. The summed E-state index contributed by atoms with van der Waals surface area (Å²) in [6, 6.07) is 18.4. The van der Waals surface area contributed by atoms with Gasteiger partial charge in [0.2, 0.25) is 0 Å². The highest BCUT2D eigenvalue weighted by atomic mass is 32.2. The van der Waals surface area contributed by atoms with Gasteiger partial charge in [0.25, 0.3) is 0 Å². The van der Waals surface area contributed by atoms with Gasteiger partial charge >= 0.3 is 0 Å². The lowest BCUT2D eigenvalue weighted by atomic mass is 10.1. The summed E-state index contributed by atoms with van der Waals surface area (Å²) in [6.45, 7) is 2.17. The number of methoxy groups -OCH3 is 1. The van der Waals surface area contributed by atoms with E-state index in [4.69, 9.17) is 4.74 Å². The van der Waals surface area contributed by atoms with Crippen molar-refractivity contribution in [1.29, 1.82) is 0 Å². The van der Waals surface area contributed by atoms with Crippen LogP contribution in [0.2, 0.25) is 0 Å². The third-order valence-corrected chi connectivity index (χ3v) is 4.81. The number of aromatic nitrogens is 3. The molecule has 0 aliphatic carbocycles. The van der Waals surface area contributed by atoms with Crippen molar-refractivity contribution in [3.63, 3.8) is 0 Å². The summed E-state index contributed by atoms with van der Waals surface area (Å²) >= 11 is 1.74. The number of rotatable bonds is 7. The van der Waals surface area contributed by atoms with Gasteiger partial charge in [-0.3, -0.25) is 4.57 Å². The maximum Gasteiger partial charge on any atom is 0.195 e. The first-order valence-corrected chi connectivity index (χ1v) is 9.06. The molecule has 0 N–H and O–H groups in total. The molecule has 5 heteroatoms. The average molecular weight is 339 g/mol. The van der Waals surface area contributed by atoms with Crippen LogP contribution >= 0.6 is 11.8 Å². The molecule has 24 heavy (non-hydrogen) atoms. The van der Waals surface area contributed by atoms with Crippen molar-refractivity contribution in [2.75, 3.05) is 12.9 Å². The van der Waals surface area contributed by atoms with Crippen molar-refractivity contribution in [1.82, 2.24) is 14.8 Å². The first kappa shape index (κ1) is 16.6. The Labute approximate surface area is 146 Å². The van der Waals surface area contributed by atoms with Gasteiger partial charge in [-0.15, -0.1) is 10.2 Å². The van der Waals surface area contributed by atoms with Gasteiger partial charge < -0.3 is 4.74 Å². The number of hydrogen-bond donors (Lipinski definition) is 0. The molecule has 0 aliphatic rings. The minimum atomic E-state index is 0.757. The molecule has 0 amide bonds. The second-order valence-electron chi connectivity index (χ2n) is 5.44. The number of benzene rings is 2. The second-order valence-corrected chi connectivity index (χ2v) is 6.51. The second kappa shape index (κ2) is 8.02. The highest BCUT2D eigenvalue weighted by Gasteiger charge is 2.14. The monoisotopic (exact) mass is 339 g/mol. The molecule has 0 saturated heterocycles. The molecule has 1 heterocycles. The molecule has 0 aliphatic heterocycles. The molecule has 3 aromatic rings. The van der Waals surface area contributed by atoms with E-state index in [-0.39, 0.29) is 0 Å². The highest BCUT2D eigenvalue weighted by Crippen LogP contribution is 2.25. The Hall–Kier alpha value is -2.27. The van der Waals surface area contributed by atoms with Gasteiger partial charge in [0.05, 0.1) is 7.11 Å². The maximum atomic E-state index is 5.26. The van der Waals surface area contributed by atoms with Crippen molar-refractivity contribution < 1.29 is 4.74 Å². The molecule has 0 unspecified atom stereocenters. The van der Waals surface area contributed by atoms with Crippen LogP contribution in [0.1, 0.15) is 24.7 Å². The molecule has 0 bridgehead atoms. The molecule has 2 aromatic carbocycles. The van der Waals surface area contributed by atoms with Crippen LogP contribution in [-0.2, 0) is 6.42 Å². The molecule has 124 valence electrons. The summed E-state index contributed by atoms with van der Waals surface area (Å²) < 4.78 is 7.41. The van der Waals surface area contributed by atoms with Gasteiger partial charge in [0.1, 0.15) is 11.6 Å². The Bertz CT molecular complexity index is 769. The lowest BCUT2D eigenvalue weighted by Gasteiger charge is -2.11. The van der Waals surface area contributed by atoms with E-state index in [0.29, 0.717) is 0 Å². The third kappa shape index (κ3) is 3.79. The van der Waals surface area contributed by atoms with E-state index in [9.17, 15) is 0 Å². The summed E-state index contributed by atoms with van der Waals surface area (Å²) in [7, 11) is 1.68. The van der Waals surface area contributed by atoms with Crippen molar-refractivity contribution in [3.05, 3.63) is 66.0 Å². The minimum Gasteiger partial charge on any atom is -0.497 e. The topological polar surface area (TPSA) is 39.9 Å². The van der Waals surface area contributed by atoms with E-state index in [2.05, 4.69) is 46.0 Å². The summed E-state index contributed by atoms with van der Waals surface area (Å²) in [4.78, 5) is 0. The first-order chi connectivity index (χ1) is 11.8. The smallest absolute Gasteiger partial charge is 0.195 e. The van der Waals surface area contributed by atoms with Crippen LogP contribution in [0.25, 0.3) is 5.69 Å². The van der Waals surface area contributed by atoms with Gasteiger partial charge in [-0.1, -0.05) is 49.0 Å². The molecule has 3 rings (SSSR count). The van der Waals surface area contributed by atoms with Crippen molar-refractivity contribution >= 4 is 11.8 Å². The molecular formula is C19H21N3OS. The predicted molar refractivity (Wildman–Crippen MR) is 98.2 cm³/mol. The molecule has 1 aromatic heterocycles. The Kier molecular flexibility index (Phi) is 5.54. The van der Waals surface area contributed by atoms with Gasteiger partial charge in [0, 0.05) is 17.9 Å². The Morgan fingerprint density at radius 1 is 1.00 bits per heavy atom. The lowest BCUT2D eigenvalue weighted by Crippen LogP contribution is -2.04. The Morgan fingerprint density at radius 2 is 1.75 bits per heavy atom. The average Bonchev–Trinajstić information content (AvgIpc) is 3.03. The number of thioether (sulfide) groups is 1. The lowest BCUT2D eigenvalue weighted by molar-refractivity contribution is 0.414. The van der Waals surface area contributed by atoms with Crippen molar-refractivity contribution in [2.45, 2.75) is 24.9 Å². The van der Waals surface area contributed by atoms with Gasteiger partial charge in [-0.25, -0.2) is 0 Å². The van der Waals surface area contributed by atoms with E-state index in [0.717, 1.165) is 41.0 Å². The molecule has 0 fully saturated rings. The number of nitrogens with zero attached hydrogens (tertiary/aromatic N) is 3. The molecular weight excluding hydrogens is 318 g/mol. The van der Waals surface area contributed by atoms with Crippen molar-refractivity contribution in [2.24, 2.45) is 0 Å². The molecule has 0 saturated carbocycles. The largest absolute Gasteiger partial charge is 0.497 e. The van der Waals surface area contributed by atoms with E-state index < -0.39 is 0 Å². The minimum absolute atomic E-state index is 0.757. The standard InChI is InChI=1S/C19H21N3OS/c1-3-13-24-19-21-20-18(14-15-7-5-4-6-8-15)22(19)16-9-11-17(23-2)12-10-16/h4-12H,3,13-14H2,1-2H3. The third-order valence-electron chi connectivity index (χ3n) is 3.67. The van der Waals surface area contributed by atoms with Gasteiger partial charge in [-0.2, -0.15) is 0 Å². The van der Waals surface area contributed by atoms with Gasteiger partial charge in [0.15, 0.2) is 5.16 Å². The summed E-state index contributed by atoms with van der Waals surface area (Å²) in [5.74, 6) is 2.82. The van der Waals surface area contributed by atoms with E-state index >= 15 is 0 Å². The molecule has 4 nitrogen and oxygen atoms in total. The molecule has 0 spiro atoms. The van der Waals surface area contributed by atoms with Crippen LogP contribution in [0.3, 0.4) is 0 Å². The fourth-order valence-corrected chi connectivity index (χ4v) is 3.30. The maximum absolute atomic E-state index is 5.26. The van der Waals surface area contributed by atoms with Crippen molar-refractivity contribution in [3.8, 4) is 11.4 Å². The van der Waals surface area contributed by atoms with Gasteiger partial charge in [-0.05, 0) is 36.2 Å². The van der Waals surface area contributed by atoms with Crippen LogP contribution in [0.15, 0.2) is 59.8 Å². The highest BCUT2D eigenvalue weighted by molar-refractivity contribution is 7.99. The van der Waals surface area contributed by atoms with E-state index in [1.165, 1.54) is 5.56 Å². The predicted octanol–water partition coefficient (Wildman–Crippen LogP) is 4.37. The summed E-state index contributed by atoms with van der Waals surface area (Å²) in [6.07, 6.45) is 1.86. The first-order valence-electron chi connectivity index (χ1n) is 8.07. The van der Waals surface area contributed by atoms with E-state index in [1.54, 1.807) is 18.9 Å². The summed E-state index contributed by atoms with van der Waals surface area (Å²) in [5, 5.41) is 9.80. The SMILES string of the molecule is CCCSc1nnc(Cc2ccccc2)n1-c1ccc(OC)cc1. The fourth-order valence-electron chi connectivity index (χ4n) is 2.47. The molecule has 0 radical (unpaired) electrons. The molecule has 0 atom stereocenters. The zero-order valence-electron chi connectivity index (χ0n) is 14.0. The quantitative estimate of drug-likeness (QED) is 0.599. The fraction of sp³-hybridized carbons (Fsp3) is 0.263. The Morgan fingerprint density at radius 3 is 2.42 bits per heavy atom. The number of ether oxygens (including phenoxy) is 1. The van der Waals surface area contributed by atoms with Crippen LogP contribution in [0.5, 0.6) is 5.75 Å². The zero-order valence-corrected chi connectivity index (χ0v) is 14.8. The zero-order chi connectivity index (χ0) is 16.8. The van der Waals surface area contributed by atoms with Crippen LogP contribution in [0.4, 0.5) is 0 Å².